The summed E-state index contributed by atoms with van der Waals surface area (Å²) in [5, 5.41) is 0.532. The van der Waals surface area contributed by atoms with Gasteiger partial charge in [0, 0.05) is 10.6 Å². The Hall–Kier alpha value is -0.110. The number of ether oxygens (including phenoxy) is 1. The monoisotopic (exact) mass is 412 g/mol. The van der Waals surface area contributed by atoms with Crippen molar-refractivity contribution in [1.29, 1.82) is 0 Å². The zero-order valence-corrected chi connectivity index (χ0v) is 20.1. The topological polar surface area (TPSA) is 98.7 Å². The van der Waals surface area contributed by atoms with Gasteiger partial charge in [0.1, 0.15) is 7.82 Å². The van der Waals surface area contributed by atoms with Crippen LogP contribution in [0, 0.1) is 0 Å². The number of carbonyl (C=O) groups is 1. The number of phosphoric ester groups is 1. The molecule has 2 rings (SSSR count). The van der Waals surface area contributed by atoms with Crippen molar-refractivity contribution in [2.45, 2.75) is 0 Å². The normalized spacial score (nSPS) is 10.6. The molecule has 0 saturated carbocycles. The summed E-state index contributed by atoms with van der Waals surface area (Å²) in [5.74, 6) is -0.385. The number of rotatable bonds is 6. The molecule has 10 heteroatoms. The molecule has 0 fully saturated rings. The zero-order valence-electron chi connectivity index (χ0n) is 14.5. The Morgan fingerprint density at radius 1 is 1.08 bits per heavy atom. The van der Waals surface area contributed by atoms with E-state index in [-0.39, 0.29) is 76.4 Å². The number of benzene rings is 2. The standard InChI is InChI=1S/C16H14ClO6P.2Na/c1-22-16-10-11(3-9-15(16)23-24(19,20)21)2-8-14(18)12-4-6-13(17)7-5-12;;/h2-10H,1H3,(H2,19,20,21);;/q;2*+1/p-2/b8-2+;;. The zero-order chi connectivity index (χ0) is 17.7. The van der Waals surface area contributed by atoms with E-state index in [0.717, 1.165) is 0 Å². The van der Waals surface area contributed by atoms with Gasteiger partial charge in [0.25, 0.3) is 0 Å². The van der Waals surface area contributed by atoms with Crippen LogP contribution in [0.5, 0.6) is 11.5 Å². The largest absolute Gasteiger partial charge is 1.00 e. The van der Waals surface area contributed by atoms with Crippen LogP contribution < -0.4 is 78.2 Å². The Labute approximate surface area is 200 Å². The van der Waals surface area contributed by atoms with Crippen molar-refractivity contribution in [3.05, 3.63) is 64.7 Å². The van der Waals surface area contributed by atoms with Crippen LogP contribution in [0.1, 0.15) is 15.9 Å². The molecule has 0 amide bonds. The van der Waals surface area contributed by atoms with Crippen molar-refractivity contribution < 1.29 is 87.5 Å². The fourth-order valence-electron chi connectivity index (χ4n) is 1.87. The number of phosphoric acid groups is 1. The van der Waals surface area contributed by atoms with Crippen molar-refractivity contribution in [3.63, 3.8) is 0 Å². The van der Waals surface area contributed by atoms with E-state index in [9.17, 15) is 19.1 Å². The fraction of sp³-hybridized carbons (Fsp3) is 0.0625. The van der Waals surface area contributed by atoms with Crippen LogP contribution in [0.4, 0.5) is 0 Å². The van der Waals surface area contributed by atoms with Crippen LogP contribution in [0.15, 0.2) is 48.5 Å². The van der Waals surface area contributed by atoms with Crippen LogP contribution in [0.3, 0.4) is 0 Å². The van der Waals surface area contributed by atoms with Crippen LogP contribution >= 0.6 is 19.4 Å². The van der Waals surface area contributed by atoms with Gasteiger partial charge in [-0.1, -0.05) is 23.7 Å². The average molecular weight is 413 g/mol. The maximum Gasteiger partial charge on any atom is 1.00 e. The van der Waals surface area contributed by atoms with E-state index in [1.807, 2.05) is 0 Å². The van der Waals surface area contributed by atoms with Crippen molar-refractivity contribution in [1.82, 2.24) is 0 Å². The summed E-state index contributed by atoms with van der Waals surface area (Å²) in [5.41, 5.74) is 1.04. The van der Waals surface area contributed by atoms with E-state index in [0.29, 0.717) is 16.1 Å². The molecule has 0 N–H and O–H groups in total. The smallest absolute Gasteiger partial charge is 0.780 e. The Bertz CT molecular complexity index is 820. The van der Waals surface area contributed by atoms with Gasteiger partial charge < -0.3 is 23.6 Å². The van der Waals surface area contributed by atoms with Gasteiger partial charge in [0.05, 0.1) is 7.11 Å². The second-order valence-electron chi connectivity index (χ2n) is 4.65. The Morgan fingerprint density at radius 2 is 1.69 bits per heavy atom. The van der Waals surface area contributed by atoms with Crippen LogP contribution in [0.2, 0.25) is 5.02 Å². The van der Waals surface area contributed by atoms with Gasteiger partial charge in [-0.15, -0.1) is 0 Å². The number of allylic oxidation sites excluding steroid dienone is 1. The summed E-state index contributed by atoms with van der Waals surface area (Å²) < 4.78 is 20.0. The first-order valence-corrected chi connectivity index (χ1v) is 8.50. The average Bonchev–Trinajstić information content (AvgIpc) is 2.53. The van der Waals surface area contributed by atoms with E-state index in [1.165, 1.54) is 37.5 Å². The molecule has 2 aromatic rings. The second-order valence-corrected chi connectivity index (χ2v) is 6.17. The van der Waals surface area contributed by atoms with E-state index in [1.54, 1.807) is 24.3 Å². The number of carbonyl (C=O) groups excluding carboxylic acids is 1. The molecule has 0 unspecified atom stereocenters. The predicted molar refractivity (Wildman–Crippen MR) is 86.0 cm³/mol. The molecule has 0 aliphatic carbocycles. The van der Waals surface area contributed by atoms with Gasteiger partial charge >= 0.3 is 59.1 Å². The molecule has 0 saturated heterocycles. The maximum absolute atomic E-state index is 12.0. The van der Waals surface area contributed by atoms with Crippen molar-refractivity contribution in [3.8, 4) is 11.5 Å². The Kier molecular flexibility index (Phi) is 11.6. The molecule has 26 heavy (non-hydrogen) atoms. The molecule has 0 atom stereocenters. The van der Waals surface area contributed by atoms with Gasteiger partial charge in [-0.3, -0.25) is 4.79 Å². The first-order chi connectivity index (χ1) is 11.3. The van der Waals surface area contributed by atoms with E-state index < -0.39 is 7.82 Å². The van der Waals surface area contributed by atoms with E-state index in [4.69, 9.17) is 16.3 Å². The van der Waals surface area contributed by atoms with Crippen LogP contribution in [0.25, 0.3) is 6.08 Å². The van der Waals surface area contributed by atoms with Crippen molar-refractivity contribution >= 4 is 31.3 Å². The van der Waals surface area contributed by atoms with Gasteiger partial charge in [-0.05, 0) is 48.0 Å². The molecule has 0 spiro atoms. The molecule has 0 aliphatic rings. The van der Waals surface area contributed by atoms with Crippen molar-refractivity contribution in [2.24, 2.45) is 0 Å². The van der Waals surface area contributed by atoms with Gasteiger partial charge in [0.15, 0.2) is 17.3 Å². The van der Waals surface area contributed by atoms with Crippen LogP contribution in [-0.2, 0) is 4.57 Å². The Morgan fingerprint density at radius 3 is 2.23 bits per heavy atom. The summed E-state index contributed by atoms with van der Waals surface area (Å²) in [6.45, 7) is 0. The molecule has 0 bridgehead atoms. The molecule has 0 aliphatic heterocycles. The number of hydrogen-bond donors (Lipinski definition) is 0. The maximum atomic E-state index is 12.0. The molecule has 0 radical (unpaired) electrons. The third kappa shape index (κ3) is 8.28. The second kappa shape index (κ2) is 11.7. The summed E-state index contributed by atoms with van der Waals surface area (Å²) in [6.07, 6.45) is 2.88. The summed E-state index contributed by atoms with van der Waals surface area (Å²) >= 11 is 5.76. The predicted octanol–water partition coefficient (Wildman–Crippen LogP) is -3.54. The summed E-state index contributed by atoms with van der Waals surface area (Å²) in [4.78, 5) is 33.4. The number of hydrogen-bond acceptors (Lipinski definition) is 6. The molecule has 0 heterocycles. The van der Waals surface area contributed by atoms with E-state index >= 15 is 0 Å². The quantitative estimate of drug-likeness (QED) is 0.211. The molecule has 6 nitrogen and oxygen atoms in total. The minimum atomic E-state index is -5.18. The molecule has 0 aromatic heterocycles. The molecular formula is C16H12ClNa2O6P. The van der Waals surface area contributed by atoms with Gasteiger partial charge in [-0.2, -0.15) is 0 Å². The van der Waals surface area contributed by atoms with Crippen LogP contribution in [-0.4, -0.2) is 12.9 Å². The number of methoxy groups -OCH3 is 1. The molecular weight excluding hydrogens is 401 g/mol. The summed E-state index contributed by atoms with van der Waals surface area (Å²) in [6, 6.07) is 10.6. The van der Waals surface area contributed by atoms with Crippen molar-refractivity contribution in [2.75, 3.05) is 7.11 Å². The SMILES string of the molecule is COc1cc(/C=C/C(=O)c2ccc(Cl)cc2)ccc1OP(=O)([O-])[O-].[Na+].[Na+]. The molecule has 126 valence electrons. The van der Waals surface area contributed by atoms with Gasteiger partial charge in [-0.25, -0.2) is 0 Å². The van der Waals surface area contributed by atoms with E-state index in [2.05, 4.69) is 4.52 Å². The first-order valence-electron chi connectivity index (χ1n) is 6.66. The van der Waals surface area contributed by atoms with Gasteiger partial charge in [0.2, 0.25) is 0 Å². The molecule has 2 aromatic carbocycles. The number of ketones is 1. The fourth-order valence-corrected chi connectivity index (χ4v) is 2.38. The number of halogens is 1. The minimum Gasteiger partial charge on any atom is -0.780 e. The third-order valence-electron chi connectivity index (χ3n) is 2.95. The Balaban J connectivity index is 0.00000312. The third-order valence-corrected chi connectivity index (χ3v) is 3.63. The minimum absolute atomic E-state index is 0. The summed E-state index contributed by atoms with van der Waals surface area (Å²) in [7, 11) is -3.88. The first kappa shape index (κ1) is 25.9.